The summed E-state index contributed by atoms with van der Waals surface area (Å²) in [4.78, 5) is 12.4. The van der Waals surface area contributed by atoms with E-state index >= 15 is 0 Å². The highest BCUT2D eigenvalue weighted by Crippen LogP contribution is 2.31. The average molecular weight is 270 g/mol. The quantitative estimate of drug-likeness (QED) is 0.896. The van der Waals surface area contributed by atoms with Gasteiger partial charge in [-0.3, -0.25) is 4.79 Å². The van der Waals surface area contributed by atoms with Crippen LogP contribution < -0.4 is 10.1 Å². The highest BCUT2D eigenvalue weighted by Gasteiger charge is 2.38. The minimum atomic E-state index is -0.645. The van der Waals surface area contributed by atoms with Gasteiger partial charge in [0.2, 0.25) is 5.91 Å². The summed E-state index contributed by atoms with van der Waals surface area (Å²) in [5.41, 5.74) is 0.421. The maximum absolute atomic E-state index is 12.4. The normalized spacial score (nSPS) is 23.2. The van der Waals surface area contributed by atoms with E-state index in [4.69, 9.17) is 4.74 Å². The van der Waals surface area contributed by atoms with Crippen LogP contribution in [0.1, 0.15) is 31.2 Å². The molecule has 1 aliphatic heterocycles. The van der Waals surface area contributed by atoms with Crippen LogP contribution in [-0.4, -0.2) is 18.1 Å². The number of para-hydroxylation sites is 1. The Morgan fingerprint density at radius 3 is 2.85 bits per heavy atom. The van der Waals surface area contributed by atoms with Crippen molar-refractivity contribution in [2.24, 2.45) is 5.92 Å². The first-order valence-electron chi connectivity index (χ1n) is 7.16. The lowest BCUT2D eigenvalue weighted by molar-refractivity contribution is -0.127. The fraction of sp³-hybridized carbons (Fsp3) is 0.500. The summed E-state index contributed by atoms with van der Waals surface area (Å²) < 4.78 is 5.64. The first-order chi connectivity index (χ1) is 9.72. The number of hydrogen-bond donors (Lipinski definition) is 1. The Labute approximate surface area is 118 Å². The molecular formula is C16H18N2O2. The number of nitrogens with one attached hydrogen (secondary N) is 1. The van der Waals surface area contributed by atoms with Crippen LogP contribution in [0.25, 0.3) is 0 Å². The Hall–Kier alpha value is -2.02. The molecule has 0 spiro atoms. The van der Waals surface area contributed by atoms with Crippen molar-refractivity contribution in [1.82, 2.24) is 5.32 Å². The van der Waals surface area contributed by atoms with Crippen LogP contribution in [0.4, 0.5) is 0 Å². The van der Waals surface area contributed by atoms with Crippen molar-refractivity contribution in [3.8, 4) is 11.8 Å². The number of ether oxygens (including phenoxy) is 1. The SMILES string of the molecule is N#CC1(NC(=O)C2COc3ccccc3C2)CCCC1. The van der Waals surface area contributed by atoms with E-state index in [1.807, 2.05) is 24.3 Å². The van der Waals surface area contributed by atoms with Gasteiger partial charge in [0.1, 0.15) is 17.9 Å². The molecule has 1 aromatic carbocycles. The molecule has 1 saturated carbocycles. The zero-order chi connectivity index (χ0) is 14.0. The molecule has 0 radical (unpaired) electrons. The van der Waals surface area contributed by atoms with E-state index in [1.165, 1.54) is 0 Å². The summed E-state index contributed by atoms with van der Waals surface area (Å²) in [6, 6.07) is 10.1. The molecule has 1 atom stereocenters. The first kappa shape index (κ1) is 13.0. The lowest BCUT2D eigenvalue weighted by atomic mass is 9.93. The minimum absolute atomic E-state index is 0.0528. The summed E-state index contributed by atoms with van der Waals surface area (Å²) in [6.07, 6.45) is 4.23. The molecular weight excluding hydrogens is 252 g/mol. The standard InChI is InChI=1S/C16H18N2O2/c17-11-16(7-3-4-8-16)18-15(19)13-9-12-5-1-2-6-14(12)20-10-13/h1-2,5-6,13H,3-4,7-10H2,(H,18,19). The highest BCUT2D eigenvalue weighted by molar-refractivity contribution is 5.81. The molecule has 1 heterocycles. The zero-order valence-corrected chi connectivity index (χ0v) is 11.4. The van der Waals surface area contributed by atoms with Crippen molar-refractivity contribution in [3.63, 3.8) is 0 Å². The molecule has 4 heteroatoms. The van der Waals surface area contributed by atoms with Gasteiger partial charge in [0, 0.05) is 0 Å². The van der Waals surface area contributed by atoms with Crippen molar-refractivity contribution in [2.75, 3.05) is 6.61 Å². The van der Waals surface area contributed by atoms with Crippen molar-refractivity contribution in [3.05, 3.63) is 29.8 Å². The van der Waals surface area contributed by atoms with Crippen LogP contribution >= 0.6 is 0 Å². The third-order valence-corrected chi connectivity index (χ3v) is 4.28. The number of nitriles is 1. The number of nitrogens with zero attached hydrogens (tertiary/aromatic N) is 1. The van der Waals surface area contributed by atoms with E-state index in [1.54, 1.807) is 0 Å². The molecule has 0 aromatic heterocycles. The summed E-state index contributed by atoms with van der Waals surface area (Å²) in [7, 11) is 0. The molecule has 1 N–H and O–H groups in total. The smallest absolute Gasteiger partial charge is 0.228 e. The molecule has 0 saturated heterocycles. The lowest BCUT2D eigenvalue weighted by Crippen LogP contribution is -2.49. The largest absolute Gasteiger partial charge is 0.492 e. The number of hydrogen-bond acceptors (Lipinski definition) is 3. The van der Waals surface area contributed by atoms with Gasteiger partial charge in [-0.25, -0.2) is 0 Å². The summed E-state index contributed by atoms with van der Waals surface area (Å²) >= 11 is 0. The second-order valence-electron chi connectivity index (χ2n) is 5.71. The number of carbonyl (C=O) groups excluding carboxylic acids is 1. The Balaban J connectivity index is 1.69. The summed E-state index contributed by atoms with van der Waals surface area (Å²) in [5, 5.41) is 12.3. The number of fused-ring (bicyclic) bond motifs is 1. The highest BCUT2D eigenvalue weighted by atomic mass is 16.5. The van der Waals surface area contributed by atoms with Gasteiger partial charge in [-0.2, -0.15) is 5.26 Å². The van der Waals surface area contributed by atoms with E-state index in [2.05, 4.69) is 11.4 Å². The average Bonchev–Trinajstić information content (AvgIpc) is 2.96. The summed E-state index contributed by atoms with van der Waals surface area (Å²) in [6.45, 7) is 0.393. The maximum Gasteiger partial charge on any atom is 0.228 e. The fourth-order valence-electron chi connectivity index (χ4n) is 3.08. The number of carbonyl (C=O) groups is 1. The van der Waals surface area contributed by atoms with Crippen molar-refractivity contribution in [1.29, 1.82) is 5.26 Å². The molecule has 20 heavy (non-hydrogen) atoms. The molecule has 1 unspecified atom stereocenters. The molecule has 1 aromatic rings. The minimum Gasteiger partial charge on any atom is -0.492 e. The van der Waals surface area contributed by atoms with Crippen LogP contribution in [0.3, 0.4) is 0 Å². The van der Waals surface area contributed by atoms with Crippen LogP contribution in [0, 0.1) is 17.2 Å². The summed E-state index contributed by atoms with van der Waals surface area (Å²) in [5.74, 6) is 0.617. The zero-order valence-electron chi connectivity index (χ0n) is 11.4. The van der Waals surface area contributed by atoms with Gasteiger partial charge in [0.05, 0.1) is 12.0 Å². The molecule has 0 bridgehead atoms. The van der Waals surface area contributed by atoms with Crippen molar-refractivity contribution in [2.45, 2.75) is 37.6 Å². The monoisotopic (exact) mass is 270 g/mol. The maximum atomic E-state index is 12.4. The lowest BCUT2D eigenvalue weighted by Gasteiger charge is -2.28. The molecule has 1 aliphatic carbocycles. The van der Waals surface area contributed by atoms with Gasteiger partial charge in [-0.1, -0.05) is 18.2 Å². The molecule has 1 fully saturated rings. The van der Waals surface area contributed by atoms with E-state index in [0.717, 1.165) is 37.0 Å². The molecule has 104 valence electrons. The number of benzene rings is 1. The van der Waals surface area contributed by atoms with Crippen LogP contribution in [-0.2, 0) is 11.2 Å². The van der Waals surface area contributed by atoms with Crippen LogP contribution in [0.2, 0.25) is 0 Å². The predicted octanol–water partition coefficient (Wildman–Crippen LogP) is 2.19. The first-order valence-corrected chi connectivity index (χ1v) is 7.16. The Bertz CT molecular complexity index is 556. The predicted molar refractivity (Wildman–Crippen MR) is 74.1 cm³/mol. The number of rotatable bonds is 2. The Morgan fingerprint density at radius 2 is 2.10 bits per heavy atom. The molecule has 4 nitrogen and oxygen atoms in total. The van der Waals surface area contributed by atoms with Gasteiger partial charge in [0.25, 0.3) is 0 Å². The van der Waals surface area contributed by atoms with E-state index in [0.29, 0.717) is 13.0 Å². The van der Waals surface area contributed by atoms with Crippen molar-refractivity contribution < 1.29 is 9.53 Å². The van der Waals surface area contributed by atoms with Gasteiger partial charge < -0.3 is 10.1 Å². The van der Waals surface area contributed by atoms with E-state index < -0.39 is 5.54 Å². The second kappa shape index (κ2) is 5.16. The third-order valence-electron chi connectivity index (χ3n) is 4.28. The Kier molecular flexibility index (Phi) is 3.35. The van der Waals surface area contributed by atoms with Crippen LogP contribution in [0.15, 0.2) is 24.3 Å². The molecule has 2 aliphatic rings. The van der Waals surface area contributed by atoms with Gasteiger partial charge in [0.15, 0.2) is 0 Å². The number of amides is 1. The Morgan fingerprint density at radius 1 is 1.35 bits per heavy atom. The van der Waals surface area contributed by atoms with E-state index in [9.17, 15) is 10.1 Å². The molecule has 3 rings (SSSR count). The van der Waals surface area contributed by atoms with Gasteiger partial charge in [-0.15, -0.1) is 0 Å². The van der Waals surface area contributed by atoms with Gasteiger partial charge in [-0.05, 0) is 43.7 Å². The third kappa shape index (κ3) is 2.36. The van der Waals surface area contributed by atoms with Crippen LogP contribution in [0.5, 0.6) is 5.75 Å². The van der Waals surface area contributed by atoms with Gasteiger partial charge >= 0.3 is 0 Å². The fourth-order valence-corrected chi connectivity index (χ4v) is 3.08. The van der Waals surface area contributed by atoms with E-state index in [-0.39, 0.29) is 11.8 Å². The topological polar surface area (TPSA) is 62.1 Å². The van der Waals surface area contributed by atoms with Crippen molar-refractivity contribution >= 4 is 5.91 Å². The second-order valence-corrected chi connectivity index (χ2v) is 5.71. The molecule has 1 amide bonds.